The van der Waals surface area contributed by atoms with Crippen LogP contribution in [0.3, 0.4) is 0 Å². The van der Waals surface area contributed by atoms with Gasteiger partial charge in [-0.25, -0.2) is 4.98 Å². The minimum absolute atomic E-state index is 0.922. The average molecular weight is 601 g/mol. The van der Waals surface area contributed by atoms with Crippen LogP contribution in [0.4, 0.5) is 0 Å². The molecule has 0 radical (unpaired) electrons. The molecule has 47 heavy (non-hydrogen) atoms. The molecular weight excluding hydrogens is 576 g/mol. The van der Waals surface area contributed by atoms with Gasteiger partial charge in [0.15, 0.2) is 0 Å². The Morgan fingerprint density at radius 3 is 1.79 bits per heavy atom. The molecule has 6 heteroatoms. The number of rotatable bonds is 2. The fraction of sp³-hybridized carbons (Fsp3) is 0. The molecule has 0 aliphatic heterocycles. The van der Waals surface area contributed by atoms with Gasteiger partial charge in [0, 0.05) is 62.3 Å². The maximum atomic E-state index is 5.17. The average Bonchev–Trinajstić information content (AvgIpc) is 3.78. The Labute approximate surface area is 267 Å². The van der Waals surface area contributed by atoms with Gasteiger partial charge in [0.25, 0.3) is 0 Å². The van der Waals surface area contributed by atoms with Crippen molar-refractivity contribution >= 4 is 82.0 Å². The summed E-state index contributed by atoms with van der Waals surface area (Å²) in [5.41, 5.74) is 10.8. The second-order valence-corrected chi connectivity index (χ2v) is 12.2. The van der Waals surface area contributed by atoms with Crippen molar-refractivity contribution in [1.29, 1.82) is 0 Å². The topological polar surface area (TPSA) is 52.9 Å². The third-order valence-corrected chi connectivity index (χ3v) is 9.75. The molecule has 5 aromatic carbocycles. The smallest absolute Gasteiger partial charge is 0.146 e. The summed E-state index contributed by atoms with van der Waals surface area (Å²) >= 11 is 0. The summed E-state index contributed by atoms with van der Waals surface area (Å²) in [7, 11) is 0. The first-order valence-electron chi connectivity index (χ1n) is 15.8. The van der Waals surface area contributed by atoms with Gasteiger partial charge in [0.2, 0.25) is 0 Å². The Morgan fingerprint density at radius 1 is 0.383 bits per heavy atom. The molecule has 6 heterocycles. The van der Waals surface area contributed by atoms with Crippen LogP contribution >= 0.6 is 0 Å². The first kappa shape index (κ1) is 24.8. The van der Waals surface area contributed by atoms with Gasteiger partial charge in [0.05, 0.1) is 44.8 Å². The zero-order chi connectivity index (χ0) is 30.6. The molecule has 0 aliphatic rings. The fourth-order valence-corrected chi connectivity index (χ4v) is 7.78. The van der Waals surface area contributed by atoms with Crippen LogP contribution in [0.5, 0.6) is 0 Å². The number of hydrogen-bond donors (Lipinski definition) is 0. The highest BCUT2D eigenvalue weighted by Gasteiger charge is 2.21. The lowest BCUT2D eigenvalue weighted by atomic mass is 10.0. The Kier molecular flexibility index (Phi) is 4.75. The van der Waals surface area contributed by atoms with Gasteiger partial charge in [-0.15, -0.1) is 0 Å². The number of pyridine rings is 3. The minimum Gasteiger partial charge on any atom is -0.309 e. The van der Waals surface area contributed by atoms with E-state index in [1.807, 2.05) is 30.9 Å². The van der Waals surface area contributed by atoms with E-state index >= 15 is 0 Å². The monoisotopic (exact) mass is 600 g/mol. The van der Waals surface area contributed by atoms with E-state index in [1.54, 1.807) is 0 Å². The number of fused-ring (bicyclic) bond motifs is 14. The van der Waals surface area contributed by atoms with Gasteiger partial charge < -0.3 is 9.13 Å². The molecule has 218 valence electrons. The van der Waals surface area contributed by atoms with Crippen LogP contribution < -0.4 is 0 Å². The zero-order valence-electron chi connectivity index (χ0n) is 25.0. The van der Waals surface area contributed by atoms with Crippen LogP contribution in [-0.2, 0) is 0 Å². The van der Waals surface area contributed by atoms with E-state index in [0.717, 1.165) is 60.8 Å². The van der Waals surface area contributed by atoms with Gasteiger partial charge in [-0.3, -0.25) is 14.4 Å². The zero-order valence-corrected chi connectivity index (χ0v) is 25.0. The molecule has 6 nitrogen and oxygen atoms in total. The lowest BCUT2D eigenvalue weighted by Gasteiger charge is -2.11. The maximum absolute atomic E-state index is 5.17. The van der Waals surface area contributed by atoms with E-state index in [-0.39, 0.29) is 0 Å². The van der Waals surface area contributed by atoms with Crippen molar-refractivity contribution in [3.05, 3.63) is 146 Å². The molecule has 6 aromatic heterocycles. The number of para-hydroxylation sites is 3. The predicted octanol–water partition coefficient (Wildman–Crippen LogP) is 9.78. The molecule has 0 unspecified atom stereocenters. The summed E-state index contributed by atoms with van der Waals surface area (Å²) < 4.78 is 7.03. The van der Waals surface area contributed by atoms with Crippen LogP contribution in [0.1, 0.15) is 0 Å². The molecule has 11 aromatic rings. The van der Waals surface area contributed by atoms with Gasteiger partial charge in [-0.2, -0.15) is 0 Å². The summed E-state index contributed by atoms with van der Waals surface area (Å²) in [5, 5.41) is 8.15. The van der Waals surface area contributed by atoms with E-state index in [0.29, 0.717) is 0 Å². The van der Waals surface area contributed by atoms with E-state index in [4.69, 9.17) is 4.98 Å². The van der Waals surface area contributed by atoms with Gasteiger partial charge in [-0.1, -0.05) is 54.6 Å². The number of imidazole rings is 1. The normalized spacial score (nSPS) is 12.3. The molecule has 0 atom stereocenters. The van der Waals surface area contributed by atoms with Crippen LogP contribution in [0.15, 0.2) is 146 Å². The lowest BCUT2D eigenvalue weighted by molar-refractivity contribution is 1.17. The number of hydrogen-bond acceptors (Lipinski definition) is 3. The second-order valence-electron chi connectivity index (χ2n) is 12.2. The lowest BCUT2D eigenvalue weighted by Crippen LogP contribution is -1.96. The van der Waals surface area contributed by atoms with Crippen molar-refractivity contribution in [2.45, 2.75) is 0 Å². The van der Waals surface area contributed by atoms with Crippen molar-refractivity contribution in [3.63, 3.8) is 0 Å². The van der Waals surface area contributed by atoms with Gasteiger partial charge in [-0.05, 0) is 72.1 Å². The molecule has 0 amide bonds. The van der Waals surface area contributed by atoms with Crippen LogP contribution in [-0.4, -0.2) is 28.5 Å². The number of nitrogens with zero attached hydrogens (tertiary/aromatic N) is 6. The SMILES string of the molecule is c1ccc(-n2c3ccccc3c3cc4c5cc6c(cc5n(-c5ccccc5)c4cc32)c2cnccc2n2c3cnccc3nc62)cc1. The van der Waals surface area contributed by atoms with Gasteiger partial charge in [0.1, 0.15) is 5.65 Å². The standard InChI is InChI=1S/C41H24N6/c1-3-9-25(10-4-1)45-35-14-8-7-13-27(35)29-19-30-31-20-32-28(21-37(31)46(39(30)22-38(29)45)26-11-5-2-6-12-26)33-23-42-18-16-36(33)47-40-24-43-17-15-34(40)44-41(32)47/h1-24H. The predicted molar refractivity (Wildman–Crippen MR) is 192 cm³/mol. The highest BCUT2D eigenvalue weighted by Crippen LogP contribution is 2.42. The van der Waals surface area contributed by atoms with Crippen molar-refractivity contribution in [3.8, 4) is 11.4 Å². The summed E-state index contributed by atoms with van der Waals surface area (Å²) in [5.74, 6) is 0. The molecular formula is C41H24N6. The maximum Gasteiger partial charge on any atom is 0.146 e. The largest absolute Gasteiger partial charge is 0.309 e. The van der Waals surface area contributed by atoms with E-state index in [2.05, 4.69) is 139 Å². The van der Waals surface area contributed by atoms with Crippen molar-refractivity contribution in [2.75, 3.05) is 0 Å². The third kappa shape index (κ3) is 3.26. The fourth-order valence-electron chi connectivity index (χ4n) is 7.78. The molecule has 0 bridgehead atoms. The molecule has 0 N–H and O–H groups in total. The van der Waals surface area contributed by atoms with E-state index in [1.165, 1.54) is 32.6 Å². The molecule has 11 rings (SSSR count). The van der Waals surface area contributed by atoms with Crippen LogP contribution in [0.25, 0.3) is 93.3 Å². The first-order valence-corrected chi connectivity index (χ1v) is 15.8. The Morgan fingerprint density at radius 2 is 1.00 bits per heavy atom. The van der Waals surface area contributed by atoms with Crippen molar-refractivity contribution in [2.24, 2.45) is 0 Å². The Balaban J connectivity index is 1.38. The van der Waals surface area contributed by atoms with Crippen LogP contribution in [0, 0.1) is 0 Å². The Hall–Kier alpha value is -6.53. The summed E-state index contributed by atoms with van der Waals surface area (Å²) in [4.78, 5) is 14.2. The number of aromatic nitrogens is 6. The highest BCUT2D eigenvalue weighted by atomic mass is 15.0. The molecule has 0 fully saturated rings. The van der Waals surface area contributed by atoms with Gasteiger partial charge >= 0.3 is 0 Å². The molecule has 0 saturated heterocycles. The first-order chi connectivity index (χ1) is 23.3. The van der Waals surface area contributed by atoms with E-state index in [9.17, 15) is 0 Å². The van der Waals surface area contributed by atoms with Crippen molar-refractivity contribution < 1.29 is 0 Å². The van der Waals surface area contributed by atoms with Crippen LogP contribution in [0.2, 0.25) is 0 Å². The summed E-state index contributed by atoms with van der Waals surface area (Å²) in [6.45, 7) is 0. The quantitative estimate of drug-likeness (QED) is 0.186. The van der Waals surface area contributed by atoms with Crippen molar-refractivity contribution in [1.82, 2.24) is 28.5 Å². The third-order valence-electron chi connectivity index (χ3n) is 9.75. The highest BCUT2D eigenvalue weighted by molar-refractivity contribution is 6.24. The number of benzene rings is 5. The summed E-state index contributed by atoms with van der Waals surface area (Å²) in [6.07, 6.45) is 7.54. The Bertz CT molecular complexity index is 3060. The molecule has 0 aliphatic carbocycles. The summed E-state index contributed by atoms with van der Waals surface area (Å²) in [6, 6.07) is 43.6. The molecule has 0 spiro atoms. The van der Waals surface area contributed by atoms with E-state index < -0.39 is 0 Å². The second kappa shape index (κ2) is 9.02. The minimum atomic E-state index is 0.922. The molecule has 0 saturated carbocycles.